The molecule has 1 aliphatic carbocycles. The van der Waals surface area contributed by atoms with E-state index in [2.05, 4.69) is 39.8 Å². The largest absolute Gasteiger partial charge is 0.472 e. The topological polar surface area (TPSA) is 380 Å². The number of allylic oxidation sites excluding steroid dienone is 2. The highest BCUT2D eigenvalue weighted by atomic mass is 31.2. The average molecular weight is 1740 g/mol. The van der Waals surface area contributed by atoms with Crippen molar-refractivity contribution >= 4 is 31.7 Å². The first-order chi connectivity index (χ1) is 58.2. The summed E-state index contributed by atoms with van der Waals surface area (Å²) in [5.74, 6) is -2.95. The van der Waals surface area contributed by atoms with Gasteiger partial charge in [-0.2, -0.15) is 0 Å². The van der Waals surface area contributed by atoms with E-state index >= 15 is 0 Å². The summed E-state index contributed by atoms with van der Waals surface area (Å²) in [5, 5.41) is 102. The molecule has 18 atom stereocenters. The van der Waals surface area contributed by atoms with E-state index in [1.807, 2.05) is 0 Å². The molecule has 0 aromatic rings. The third-order valence-corrected chi connectivity index (χ3v) is 25.0. The van der Waals surface area contributed by atoms with Gasteiger partial charge in [0.25, 0.3) is 0 Å². The molecule has 18 unspecified atom stereocenters. The van der Waals surface area contributed by atoms with Gasteiger partial charge in [0.15, 0.2) is 24.8 Å². The third-order valence-electron chi connectivity index (χ3n) is 24.0. The zero-order valence-electron chi connectivity index (χ0n) is 75.4. The van der Waals surface area contributed by atoms with E-state index in [-0.39, 0.29) is 25.7 Å². The number of unbranched alkanes of at least 4 members (excludes halogenated alkanes) is 54. The van der Waals surface area contributed by atoms with Crippen LogP contribution in [0.3, 0.4) is 0 Å². The standard InChI is InChI=1S/C94H175O25P/c1-5-9-13-17-21-25-29-33-37-41-45-48-52-56-60-64-68-79(98)113-74(71-110-77(96)66-62-58-54-50-46-42-38-34-30-26-22-18-14-10-6-2)72-112-120(108,109)119-92-90(117-93-87(106)83(102)81(100)75(70-95)114-93)86(105)85(104)89(116-80(99)69-65-61-57-53-49-44-40-36-32-28-24-20-16-12-8-4)91(92)118-94-88(107)84(103)82(101)76(115-94)73-111-78(97)67-63-59-55-51-47-43-39-35-31-27-23-19-15-11-7-3/h27,31,74-76,81-95,100-107H,5-26,28-30,32-73H2,1-4H3,(H,108,109)/b31-27-. The Balaban J connectivity index is 1.90. The van der Waals surface area contributed by atoms with Crippen molar-refractivity contribution in [3.05, 3.63) is 12.2 Å². The van der Waals surface area contributed by atoms with Gasteiger partial charge in [-0.15, -0.1) is 0 Å². The van der Waals surface area contributed by atoms with E-state index < -0.39 is 162 Å². The minimum absolute atomic E-state index is 0.0113. The molecule has 0 radical (unpaired) electrons. The Morgan fingerprint density at radius 2 is 0.625 bits per heavy atom. The first-order valence-corrected chi connectivity index (χ1v) is 50.4. The minimum atomic E-state index is -5.81. The quantitative estimate of drug-likeness (QED) is 0.00889. The SMILES string of the molecule is CCCCCC/C=C\CCCCCCCCCC(=O)OCC1OC(OC2C(OC(=O)CCCCCCCCCCCCCCCCC)C(O)C(O)C(OC3OC(CO)C(O)C(O)C3O)C2OP(=O)(O)OCC(COC(=O)CCCCCCCCCCCCCCCCC)OC(=O)CCCCCCCCCCCCCCCCCC)C(O)C(O)C1O. The van der Waals surface area contributed by atoms with Gasteiger partial charge >= 0.3 is 31.7 Å². The van der Waals surface area contributed by atoms with E-state index in [1.54, 1.807) is 0 Å². The van der Waals surface area contributed by atoms with Crippen molar-refractivity contribution in [1.29, 1.82) is 0 Å². The van der Waals surface area contributed by atoms with Gasteiger partial charge < -0.3 is 88.7 Å². The predicted molar refractivity (Wildman–Crippen MR) is 467 cm³/mol. The molecule has 3 rings (SSSR count). The van der Waals surface area contributed by atoms with Gasteiger partial charge in [-0.1, -0.05) is 367 Å². The third kappa shape index (κ3) is 52.5. The fourth-order valence-corrected chi connectivity index (χ4v) is 17.2. The maximum atomic E-state index is 14.9. The Kier molecular flexibility index (Phi) is 67.9. The summed E-state index contributed by atoms with van der Waals surface area (Å²) < 4.78 is 73.6. The number of phosphoric acid groups is 1. The van der Waals surface area contributed by atoms with Gasteiger partial charge in [0.2, 0.25) is 0 Å². The zero-order valence-corrected chi connectivity index (χ0v) is 76.3. The van der Waals surface area contributed by atoms with Crippen molar-refractivity contribution in [2.24, 2.45) is 0 Å². The van der Waals surface area contributed by atoms with Crippen LogP contribution in [0.15, 0.2) is 12.2 Å². The summed E-state index contributed by atoms with van der Waals surface area (Å²) in [6.45, 7) is 5.64. The number of carbonyl (C=O) groups is 4. The fraction of sp³-hybridized carbons (Fsp3) is 0.936. The Bertz CT molecular complexity index is 2530. The van der Waals surface area contributed by atoms with Gasteiger partial charge in [0.05, 0.1) is 13.2 Å². The van der Waals surface area contributed by atoms with Gasteiger partial charge in [0, 0.05) is 25.7 Å². The van der Waals surface area contributed by atoms with Crippen LogP contribution in [0.4, 0.5) is 0 Å². The predicted octanol–water partition coefficient (Wildman–Crippen LogP) is 18.7. The number of aliphatic hydroxyl groups excluding tert-OH is 9. The summed E-state index contributed by atoms with van der Waals surface area (Å²) in [4.78, 5) is 66.6. The number of esters is 4. The molecule has 3 fully saturated rings. The molecular formula is C94H175O25P. The molecule has 120 heavy (non-hydrogen) atoms. The lowest BCUT2D eigenvalue weighted by atomic mass is 9.84. The van der Waals surface area contributed by atoms with Gasteiger partial charge in [-0.25, -0.2) is 4.57 Å². The van der Waals surface area contributed by atoms with Crippen molar-refractivity contribution in [3.8, 4) is 0 Å². The number of aliphatic hydroxyl groups is 9. The molecule has 26 heteroatoms. The Morgan fingerprint density at radius 3 is 1.00 bits per heavy atom. The summed E-state index contributed by atoms with van der Waals surface area (Å²) in [6.07, 6.45) is 33.2. The smallest absolute Gasteiger partial charge is 0.463 e. The van der Waals surface area contributed by atoms with Gasteiger partial charge in [0.1, 0.15) is 92.6 Å². The van der Waals surface area contributed by atoms with E-state index in [9.17, 15) is 74.6 Å². The van der Waals surface area contributed by atoms with Crippen molar-refractivity contribution in [1.82, 2.24) is 0 Å². The summed E-state index contributed by atoms with van der Waals surface area (Å²) in [6, 6.07) is 0. The number of phosphoric ester groups is 1. The van der Waals surface area contributed by atoms with Gasteiger partial charge in [-0.3, -0.25) is 28.2 Å². The Labute approximate surface area is 724 Å². The average Bonchev–Trinajstić information content (AvgIpc) is 0.731. The highest BCUT2D eigenvalue weighted by molar-refractivity contribution is 7.47. The van der Waals surface area contributed by atoms with Crippen LogP contribution in [0.1, 0.15) is 432 Å². The normalized spacial score (nSPS) is 24.7. The van der Waals surface area contributed by atoms with Crippen LogP contribution in [0.5, 0.6) is 0 Å². The number of hydrogen-bond donors (Lipinski definition) is 10. The summed E-state index contributed by atoms with van der Waals surface area (Å²) in [7, 11) is -5.81. The molecule has 0 amide bonds. The van der Waals surface area contributed by atoms with Crippen molar-refractivity contribution in [2.45, 2.75) is 536 Å². The minimum Gasteiger partial charge on any atom is -0.463 e. The van der Waals surface area contributed by atoms with Crippen LogP contribution < -0.4 is 0 Å². The molecule has 0 bridgehead atoms. The fourth-order valence-electron chi connectivity index (χ4n) is 16.3. The number of carbonyl (C=O) groups excluding carboxylic acids is 4. The second-order valence-electron chi connectivity index (χ2n) is 34.9. The highest BCUT2D eigenvalue weighted by Crippen LogP contribution is 2.49. The second-order valence-corrected chi connectivity index (χ2v) is 36.4. The first-order valence-electron chi connectivity index (χ1n) is 48.9. The Hall–Kier alpha value is -2.79. The molecule has 0 spiro atoms. The van der Waals surface area contributed by atoms with E-state index in [4.69, 9.17) is 46.9 Å². The van der Waals surface area contributed by atoms with E-state index in [0.29, 0.717) is 32.1 Å². The molecule has 706 valence electrons. The molecular weight excluding hydrogens is 1560 g/mol. The summed E-state index contributed by atoms with van der Waals surface area (Å²) in [5.41, 5.74) is 0. The van der Waals surface area contributed by atoms with Crippen LogP contribution in [0, 0.1) is 0 Å². The molecule has 2 saturated heterocycles. The Morgan fingerprint density at radius 1 is 0.325 bits per heavy atom. The molecule has 2 aliphatic heterocycles. The lowest BCUT2D eigenvalue weighted by Crippen LogP contribution is -2.70. The number of hydrogen-bond acceptors (Lipinski definition) is 24. The van der Waals surface area contributed by atoms with Crippen LogP contribution in [-0.2, 0) is 70.7 Å². The molecule has 2 heterocycles. The van der Waals surface area contributed by atoms with Crippen LogP contribution in [0.2, 0.25) is 0 Å². The lowest BCUT2D eigenvalue weighted by molar-refractivity contribution is -0.360. The second kappa shape index (κ2) is 73.2. The van der Waals surface area contributed by atoms with Crippen molar-refractivity contribution in [2.75, 3.05) is 26.4 Å². The number of ether oxygens (including phenoxy) is 8. The maximum Gasteiger partial charge on any atom is 0.472 e. The number of rotatable bonds is 80. The van der Waals surface area contributed by atoms with Crippen molar-refractivity contribution < 1.29 is 122 Å². The van der Waals surface area contributed by atoms with Crippen molar-refractivity contribution in [3.63, 3.8) is 0 Å². The first kappa shape index (κ1) is 111. The molecule has 1 saturated carbocycles. The molecule has 0 aromatic carbocycles. The molecule has 10 N–H and O–H groups in total. The molecule has 25 nitrogen and oxygen atoms in total. The molecule has 0 aromatic heterocycles. The zero-order chi connectivity index (χ0) is 87.5. The van der Waals surface area contributed by atoms with E-state index in [1.165, 1.54) is 199 Å². The van der Waals surface area contributed by atoms with Crippen LogP contribution >= 0.6 is 7.82 Å². The van der Waals surface area contributed by atoms with Gasteiger partial charge in [-0.05, 0) is 51.4 Å². The highest BCUT2D eigenvalue weighted by Gasteiger charge is 2.60. The monoisotopic (exact) mass is 1740 g/mol. The molecule has 3 aliphatic rings. The summed E-state index contributed by atoms with van der Waals surface area (Å²) >= 11 is 0. The van der Waals surface area contributed by atoms with Crippen LogP contribution in [0.25, 0.3) is 0 Å². The maximum absolute atomic E-state index is 14.9. The van der Waals surface area contributed by atoms with Crippen LogP contribution in [-0.4, -0.2) is 205 Å². The lowest BCUT2D eigenvalue weighted by Gasteiger charge is -2.50. The van der Waals surface area contributed by atoms with E-state index in [0.717, 1.165) is 148 Å².